The standard InChI is InChI=1S/C22H26ClN3O4/c1-30-19-11-10-14(23)12-17(19)24-20(27)13-25-18-9-5-8-16(18)21(28)26(22(25)29)15-6-3-2-4-7-15/h10-12,15-16H,2-9,13H2,1H3/p+1. The summed E-state index contributed by atoms with van der Waals surface area (Å²) in [5.74, 6) is -0.214. The van der Waals surface area contributed by atoms with Gasteiger partial charge in [0.2, 0.25) is 0 Å². The molecule has 1 heterocycles. The largest absolute Gasteiger partial charge is 0.501 e. The van der Waals surface area contributed by atoms with E-state index in [4.69, 9.17) is 16.3 Å². The number of imide groups is 1. The lowest BCUT2D eigenvalue weighted by Crippen LogP contribution is -2.58. The Balaban J connectivity index is 1.58. The summed E-state index contributed by atoms with van der Waals surface area (Å²) in [6.07, 6.45) is 7.16. The van der Waals surface area contributed by atoms with Crippen LogP contribution in [0.5, 0.6) is 5.75 Å². The molecule has 160 valence electrons. The van der Waals surface area contributed by atoms with Crippen LogP contribution >= 0.6 is 11.6 Å². The minimum Gasteiger partial charge on any atom is -0.495 e. The highest BCUT2D eigenvalue weighted by Gasteiger charge is 2.52. The van der Waals surface area contributed by atoms with Gasteiger partial charge in [0, 0.05) is 11.4 Å². The summed E-state index contributed by atoms with van der Waals surface area (Å²) in [5, 5.41) is 3.27. The number of anilines is 1. The molecule has 1 N–H and O–H groups in total. The first kappa shape index (κ1) is 20.8. The van der Waals surface area contributed by atoms with Gasteiger partial charge in [-0.15, -0.1) is 0 Å². The highest BCUT2D eigenvalue weighted by atomic mass is 35.5. The zero-order valence-electron chi connectivity index (χ0n) is 17.2. The van der Waals surface area contributed by atoms with Crippen LogP contribution in [0.4, 0.5) is 10.5 Å². The van der Waals surface area contributed by atoms with Crippen LogP contribution in [0.15, 0.2) is 18.2 Å². The fraction of sp³-hybridized carbons (Fsp3) is 0.545. The number of nitrogens with zero attached hydrogens (tertiary/aromatic N) is 2. The number of carbonyl (C=O) groups is 3. The molecule has 2 aliphatic carbocycles. The maximum Gasteiger partial charge on any atom is 0.501 e. The molecule has 2 fully saturated rings. The third kappa shape index (κ3) is 3.95. The van der Waals surface area contributed by atoms with Crippen molar-refractivity contribution in [3.63, 3.8) is 0 Å². The fourth-order valence-electron chi connectivity index (χ4n) is 4.89. The van der Waals surface area contributed by atoms with Crippen LogP contribution in [-0.4, -0.2) is 52.7 Å². The van der Waals surface area contributed by atoms with E-state index >= 15 is 0 Å². The van der Waals surface area contributed by atoms with E-state index in [1.54, 1.807) is 18.2 Å². The topological polar surface area (TPSA) is 78.7 Å². The predicted octanol–water partition coefficient (Wildman–Crippen LogP) is 3.84. The van der Waals surface area contributed by atoms with Crippen molar-refractivity contribution in [2.24, 2.45) is 5.92 Å². The van der Waals surface area contributed by atoms with Crippen molar-refractivity contribution in [3.05, 3.63) is 23.2 Å². The Morgan fingerprint density at radius 2 is 1.97 bits per heavy atom. The van der Waals surface area contributed by atoms with E-state index < -0.39 is 0 Å². The number of nitrogens with one attached hydrogen (secondary N) is 1. The van der Waals surface area contributed by atoms with Crippen LogP contribution in [-0.2, 0) is 9.59 Å². The molecule has 0 radical (unpaired) electrons. The minimum atomic E-state index is -0.353. The van der Waals surface area contributed by atoms with Crippen LogP contribution in [0, 0.1) is 5.92 Å². The number of fused-ring (bicyclic) bond motifs is 1. The van der Waals surface area contributed by atoms with Crippen LogP contribution in [0.1, 0.15) is 51.4 Å². The van der Waals surface area contributed by atoms with E-state index in [1.165, 1.54) is 16.6 Å². The van der Waals surface area contributed by atoms with Crippen LogP contribution in [0.2, 0.25) is 5.02 Å². The molecule has 2 saturated carbocycles. The quantitative estimate of drug-likeness (QED) is 0.717. The Hall–Kier alpha value is -2.41. The monoisotopic (exact) mass is 432 g/mol. The van der Waals surface area contributed by atoms with Gasteiger partial charge in [-0.3, -0.25) is 4.79 Å². The van der Waals surface area contributed by atoms with Gasteiger partial charge in [-0.25, -0.2) is 4.79 Å². The Bertz CT molecular complexity index is 908. The number of hydrogen-bond acceptors (Lipinski definition) is 4. The number of benzene rings is 1. The summed E-state index contributed by atoms with van der Waals surface area (Å²) >= 11 is 6.05. The molecule has 30 heavy (non-hydrogen) atoms. The van der Waals surface area contributed by atoms with Crippen molar-refractivity contribution in [2.45, 2.75) is 57.4 Å². The molecule has 7 nitrogen and oxygen atoms in total. The molecule has 1 aliphatic heterocycles. The summed E-state index contributed by atoms with van der Waals surface area (Å²) in [7, 11) is 1.51. The summed E-state index contributed by atoms with van der Waals surface area (Å²) in [4.78, 5) is 40.7. The first-order chi connectivity index (χ1) is 14.5. The van der Waals surface area contributed by atoms with Gasteiger partial charge < -0.3 is 10.1 Å². The van der Waals surface area contributed by atoms with Gasteiger partial charge in [-0.2, -0.15) is 14.3 Å². The van der Waals surface area contributed by atoms with Crippen molar-refractivity contribution < 1.29 is 23.7 Å². The SMILES string of the molecule is COc1ccc(Cl)cc1NC(=O)C[N+]1=C2CCCC2C(=O)N(C2CCCCC2)C1=O. The van der Waals surface area contributed by atoms with Crippen LogP contribution < -0.4 is 10.1 Å². The average Bonchev–Trinajstić information content (AvgIpc) is 3.22. The summed E-state index contributed by atoms with van der Waals surface area (Å²) in [6, 6.07) is 4.55. The van der Waals surface area contributed by atoms with E-state index in [9.17, 15) is 14.4 Å². The predicted molar refractivity (Wildman–Crippen MR) is 113 cm³/mol. The Morgan fingerprint density at radius 3 is 2.70 bits per heavy atom. The highest BCUT2D eigenvalue weighted by molar-refractivity contribution is 6.31. The van der Waals surface area contributed by atoms with Crippen LogP contribution in [0.25, 0.3) is 0 Å². The molecule has 0 saturated heterocycles. The van der Waals surface area contributed by atoms with Crippen molar-refractivity contribution in [1.82, 2.24) is 4.90 Å². The number of ether oxygens (including phenoxy) is 1. The first-order valence-electron chi connectivity index (χ1n) is 10.6. The van der Waals surface area contributed by atoms with E-state index in [1.807, 2.05) is 0 Å². The number of hydrogen-bond donors (Lipinski definition) is 1. The van der Waals surface area contributed by atoms with Gasteiger partial charge in [-0.05, 0) is 56.7 Å². The molecule has 1 unspecified atom stereocenters. The maximum absolute atomic E-state index is 13.3. The summed E-state index contributed by atoms with van der Waals surface area (Å²) in [6.45, 7) is -0.128. The molecule has 3 aliphatic rings. The number of carbonyl (C=O) groups excluding carboxylic acids is 3. The van der Waals surface area contributed by atoms with Crippen molar-refractivity contribution in [1.29, 1.82) is 0 Å². The van der Waals surface area contributed by atoms with Gasteiger partial charge >= 0.3 is 11.9 Å². The minimum absolute atomic E-state index is 0.0560. The fourth-order valence-corrected chi connectivity index (χ4v) is 5.06. The molecule has 1 atom stereocenters. The van der Waals surface area contributed by atoms with E-state index in [0.717, 1.165) is 50.7 Å². The van der Waals surface area contributed by atoms with E-state index in [0.29, 0.717) is 22.9 Å². The third-order valence-electron chi connectivity index (χ3n) is 6.32. The van der Waals surface area contributed by atoms with Gasteiger partial charge in [0.1, 0.15) is 17.7 Å². The second-order valence-corrected chi connectivity index (χ2v) is 8.63. The number of amides is 4. The normalized spacial score (nSPS) is 22.3. The zero-order chi connectivity index (χ0) is 21.3. The van der Waals surface area contributed by atoms with Gasteiger partial charge in [0.15, 0.2) is 6.54 Å². The van der Waals surface area contributed by atoms with Gasteiger partial charge in [0.05, 0.1) is 18.5 Å². The van der Waals surface area contributed by atoms with E-state index in [2.05, 4.69) is 5.32 Å². The van der Waals surface area contributed by atoms with Gasteiger partial charge in [-0.1, -0.05) is 18.0 Å². The molecule has 0 aromatic heterocycles. The lowest BCUT2D eigenvalue weighted by Gasteiger charge is -2.31. The molecular formula is C22H27ClN3O4+. The molecule has 1 aromatic rings. The van der Waals surface area contributed by atoms with Crippen molar-refractivity contribution in [3.8, 4) is 5.75 Å². The summed E-state index contributed by atoms with van der Waals surface area (Å²) in [5.41, 5.74) is 1.23. The molecule has 0 bridgehead atoms. The smallest absolute Gasteiger partial charge is 0.495 e. The lowest BCUT2D eigenvalue weighted by atomic mass is 9.92. The summed E-state index contributed by atoms with van der Waals surface area (Å²) < 4.78 is 6.81. The lowest BCUT2D eigenvalue weighted by molar-refractivity contribution is -0.430. The molecule has 4 rings (SSSR count). The zero-order valence-corrected chi connectivity index (χ0v) is 17.9. The van der Waals surface area contributed by atoms with E-state index in [-0.39, 0.29) is 36.3 Å². The number of urea groups is 1. The Labute approximate surface area is 181 Å². The second kappa shape index (κ2) is 8.76. The number of halogens is 1. The van der Waals surface area contributed by atoms with Gasteiger partial charge in [0.25, 0.3) is 5.91 Å². The number of rotatable bonds is 5. The molecule has 4 amide bonds. The third-order valence-corrected chi connectivity index (χ3v) is 6.56. The maximum atomic E-state index is 13.3. The molecule has 8 heteroatoms. The number of methoxy groups -OCH3 is 1. The first-order valence-corrected chi connectivity index (χ1v) is 11.0. The van der Waals surface area contributed by atoms with Crippen molar-refractivity contribution in [2.75, 3.05) is 19.0 Å². The molecule has 0 spiro atoms. The average molecular weight is 433 g/mol. The Morgan fingerprint density at radius 1 is 1.20 bits per heavy atom. The molecular weight excluding hydrogens is 406 g/mol. The highest BCUT2D eigenvalue weighted by Crippen LogP contribution is 2.33. The molecule has 1 aromatic carbocycles. The Kier molecular flexibility index (Phi) is 6.09. The second-order valence-electron chi connectivity index (χ2n) is 8.20. The van der Waals surface area contributed by atoms with Crippen LogP contribution in [0.3, 0.4) is 0 Å². The van der Waals surface area contributed by atoms with Crippen molar-refractivity contribution >= 4 is 40.8 Å².